The Kier molecular flexibility index (Phi) is 3.84. The second-order valence-electron chi connectivity index (χ2n) is 4.85. The first kappa shape index (κ1) is 13.9. The average Bonchev–Trinajstić information content (AvgIpc) is 2.89. The third-order valence-corrected chi connectivity index (χ3v) is 3.62. The van der Waals surface area contributed by atoms with Gasteiger partial charge in [0.1, 0.15) is 17.1 Å². The number of nitrogens with two attached hydrogens (primary N) is 1. The van der Waals surface area contributed by atoms with Crippen LogP contribution in [0.2, 0.25) is 0 Å². The number of nitrogens with one attached hydrogen (secondary N) is 1. The second-order valence-corrected chi connectivity index (χ2v) is 5.77. The Bertz CT molecular complexity index is 782. The minimum Gasteiger partial charge on any atom is -0.494 e. The molecule has 5 heteroatoms. The molecule has 3 N–H and O–H groups in total. The maximum atomic E-state index is 6.01. The predicted octanol–water partition coefficient (Wildman–Crippen LogP) is 4.36. The number of nitrogen functional groups attached to an aromatic ring is 1. The number of ether oxygens (including phenoxy) is 1. The standard InChI is InChI=1S/C16H16BrN3O/c1-2-6-21-12-5-3-4-10(7-12)16-19-14-9-11(17)8-13(18)15(14)20-16/h3-5,7-9H,2,6,18H2,1H3,(H,19,20). The van der Waals surface area contributed by atoms with Crippen molar-refractivity contribution in [2.45, 2.75) is 13.3 Å². The molecule has 3 aromatic rings. The summed E-state index contributed by atoms with van der Waals surface area (Å²) < 4.78 is 6.59. The number of halogens is 1. The van der Waals surface area contributed by atoms with Gasteiger partial charge in [-0.2, -0.15) is 0 Å². The van der Waals surface area contributed by atoms with E-state index >= 15 is 0 Å². The molecular weight excluding hydrogens is 330 g/mol. The van der Waals surface area contributed by atoms with E-state index < -0.39 is 0 Å². The molecule has 0 fully saturated rings. The molecule has 0 amide bonds. The molecule has 4 nitrogen and oxygen atoms in total. The number of aromatic nitrogens is 2. The van der Waals surface area contributed by atoms with E-state index in [4.69, 9.17) is 10.5 Å². The van der Waals surface area contributed by atoms with Crippen LogP contribution in [-0.4, -0.2) is 16.6 Å². The molecule has 1 aromatic heterocycles. The summed E-state index contributed by atoms with van der Waals surface area (Å²) in [5, 5.41) is 0. The third kappa shape index (κ3) is 2.88. The Hall–Kier alpha value is -2.01. The lowest BCUT2D eigenvalue weighted by atomic mass is 10.2. The SMILES string of the molecule is CCCOc1cccc(-c2nc3c(N)cc(Br)cc3[nH]2)c1. The van der Waals surface area contributed by atoms with Crippen LogP contribution in [0.5, 0.6) is 5.75 Å². The molecule has 2 aromatic carbocycles. The molecule has 0 spiro atoms. The Morgan fingerprint density at radius 3 is 2.95 bits per heavy atom. The molecule has 1 heterocycles. The van der Waals surface area contributed by atoms with Gasteiger partial charge in [-0.1, -0.05) is 35.0 Å². The monoisotopic (exact) mass is 345 g/mol. The van der Waals surface area contributed by atoms with Gasteiger partial charge in [0.05, 0.1) is 17.8 Å². The van der Waals surface area contributed by atoms with Crippen LogP contribution < -0.4 is 10.5 Å². The van der Waals surface area contributed by atoms with Crippen molar-refractivity contribution in [2.24, 2.45) is 0 Å². The van der Waals surface area contributed by atoms with Gasteiger partial charge in [0.25, 0.3) is 0 Å². The van der Waals surface area contributed by atoms with E-state index in [1.807, 2.05) is 36.4 Å². The van der Waals surface area contributed by atoms with Crippen LogP contribution in [0.1, 0.15) is 13.3 Å². The zero-order chi connectivity index (χ0) is 14.8. The highest BCUT2D eigenvalue weighted by molar-refractivity contribution is 9.10. The van der Waals surface area contributed by atoms with Crippen molar-refractivity contribution in [1.82, 2.24) is 9.97 Å². The molecule has 0 atom stereocenters. The normalized spacial score (nSPS) is 11.0. The van der Waals surface area contributed by atoms with Crippen molar-refractivity contribution in [3.05, 3.63) is 40.9 Å². The second kappa shape index (κ2) is 5.77. The fraction of sp³-hybridized carbons (Fsp3) is 0.188. The molecule has 0 aliphatic carbocycles. The lowest BCUT2D eigenvalue weighted by Crippen LogP contribution is -1.94. The van der Waals surface area contributed by atoms with Gasteiger partial charge in [0.15, 0.2) is 0 Å². The average molecular weight is 346 g/mol. The fourth-order valence-electron chi connectivity index (χ4n) is 2.20. The molecule has 0 saturated heterocycles. The minimum absolute atomic E-state index is 0.653. The predicted molar refractivity (Wildman–Crippen MR) is 89.4 cm³/mol. The molecule has 0 aliphatic rings. The zero-order valence-electron chi connectivity index (χ0n) is 11.7. The molecule has 108 valence electrons. The highest BCUT2D eigenvalue weighted by Gasteiger charge is 2.09. The van der Waals surface area contributed by atoms with Crippen molar-refractivity contribution < 1.29 is 4.74 Å². The molecule has 0 radical (unpaired) electrons. The van der Waals surface area contributed by atoms with Crippen molar-refractivity contribution in [3.63, 3.8) is 0 Å². The summed E-state index contributed by atoms with van der Waals surface area (Å²) in [6, 6.07) is 11.7. The van der Waals surface area contributed by atoms with Crippen LogP contribution in [-0.2, 0) is 0 Å². The maximum absolute atomic E-state index is 6.01. The van der Waals surface area contributed by atoms with E-state index in [9.17, 15) is 0 Å². The summed E-state index contributed by atoms with van der Waals surface area (Å²) in [5.41, 5.74) is 9.34. The van der Waals surface area contributed by atoms with Crippen LogP contribution in [0.4, 0.5) is 5.69 Å². The number of H-pyrrole nitrogens is 1. The van der Waals surface area contributed by atoms with Gasteiger partial charge >= 0.3 is 0 Å². The number of hydrogen-bond acceptors (Lipinski definition) is 3. The molecule has 0 aliphatic heterocycles. The number of anilines is 1. The Morgan fingerprint density at radius 2 is 2.14 bits per heavy atom. The highest BCUT2D eigenvalue weighted by atomic mass is 79.9. The van der Waals surface area contributed by atoms with Gasteiger partial charge in [-0.25, -0.2) is 4.98 Å². The molecule has 0 saturated carbocycles. The maximum Gasteiger partial charge on any atom is 0.138 e. The van der Waals surface area contributed by atoms with Crippen molar-refractivity contribution in [1.29, 1.82) is 0 Å². The summed E-state index contributed by atoms with van der Waals surface area (Å²) >= 11 is 3.44. The Balaban J connectivity index is 2.02. The highest BCUT2D eigenvalue weighted by Crippen LogP contribution is 2.29. The number of aromatic amines is 1. The number of benzene rings is 2. The van der Waals surface area contributed by atoms with E-state index in [1.165, 1.54) is 0 Å². The molecule has 3 rings (SSSR count). The summed E-state index contributed by atoms with van der Waals surface area (Å²) in [5.74, 6) is 1.64. The fourth-order valence-corrected chi connectivity index (χ4v) is 2.67. The largest absolute Gasteiger partial charge is 0.494 e. The molecule has 0 bridgehead atoms. The van der Waals surface area contributed by atoms with Crippen LogP contribution >= 0.6 is 15.9 Å². The van der Waals surface area contributed by atoms with Crippen LogP contribution in [0.15, 0.2) is 40.9 Å². The van der Waals surface area contributed by atoms with E-state index in [2.05, 4.69) is 32.8 Å². The first-order valence-corrected chi connectivity index (χ1v) is 7.64. The van der Waals surface area contributed by atoms with Crippen molar-refractivity contribution in [3.8, 4) is 17.1 Å². The van der Waals surface area contributed by atoms with Gasteiger partial charge in [0.2, 0.25) is 0 Å². The summed E-state index contributed by atoms with van der Waals surface area (Å²) in [7, 11) is 0. The lowest BCUT2D eigenvalue weighted by molar-refractivity contribution is 0.317. The van der Waals surface area contributed by atoms with E-state index in [1.54, 1.807) is 0 Å². The van der Waals surface area contributed by atoms with E-state index in [-0.39, 0.29) is 0 Å². The molecule has 21 heavy (non-hydrogen) atoms. The number of rotatable bonds is 4. The number of nitrogens with zero attached hydrogens (tertiary/aromatic N) is 1. The summed E-state index contributed by atoms with van der Waals surface area (Å²) in [6.07, 6.45) is 0.986. The molecular formula is C16H16BrN3O. The van der Waals surface area contributed by atoms with Crippen molar-refractivity contribution >= 4 is 32.7 Å². The topological polar surface area (TPSA) is 63.9 Å². The van der Waals surface area contributed by atoms with Crippen LogP contribution in [0.25, 0.3) is 22.4 Å². The van der Waals surface area contributed by atoms with Crippen LogP contribution in [0, 0.1) is 0 Å². The lowest BCUT2D eigenvalue weighted by Gasteiger charge is -2.05. The van der Waals surface area contributed by atoms with Gasteiger partial charge in [-0.05, 0) is 30.7 Å². The summed E-state index contributed by atoms with van der Waals surface area (Å²) in [4.78, 5) is 7.89. The first-order chi connectivity index (χ1) is 10.2. The van der Waals surface area contributed by atoms with Gasteiger partial charge in [-0.15, -0.1) is 0 Å². The van der Waals surface area contributed by atoms with Crippen LogP contribution in [0.3, 0.4) is 0 Å². The number of hydrogen-bond donors (Lipinski definition) is 2. The molecule has 0 unspecified atom stereocenters. The summed E-state index contributed by atoms with van der Waals surface area (Å²) in [6.45, 7) is 2.80. The van der Waals surface area contributed by atoms with Gasteiger partial charge in [0, 0.05) is 10.0 Å². The third-order valence-electron chi connectivity index (χ3n) is 3.16. The minimum atomic E-state index is 0.653. The Labute approximate surface area is 131 Å². The first-order valence-electron chi connectivity index (χ1n) is 6.85. The Morgan fingerprint density at radius 1 is 1.29 bits per heavy atom. The van der Waals surface area contributed by atoms with E-state index in [0.29, 0.717) is 12.3 Å². The smallest absolute Gasteiger partial charge is 0.138 e. The number of imidazole rings is 1. The van der Waals surface area contributed by atoms with Crippen molar-refractivity contribution in [2.75, 3.05) is 12.3 Å². The number of fused-ring (bicyclic) bond motifs is 1. The van der Waals surface area contributed by atoms with Gasteiger partial charge < -0.3 is 15.5 Å². The van der Waals surface area contributed by atoms with E-state index in [0.717, 1.165) is 39.1 Å². The zero-order valence-corrected chi connectivity index (χ0v) is 13.3. The quantitative estimate of drug-likeness (QED) is 0.690. The van der Waals surface area contributed by atoms with Gasteiger partial charge in [-0.3, -0.25) is 0 Å².